The van der Waals surface area contributed by atoms with Gasteiger partial charge in [-0.25, -0.2) is 0 Å². The summed E-state index contributed by atoms with van der Waals surface area (Å²) in [4.78, 5) is 0. The fourth-order valence-corrected chi connectivity index (χ4v) is 1.14. The zero-order valence-corrected chi connectivity index (χ0v) is 11.6. The summed E-state index contributed by atoms with van der Waals surface area (Å²) in [5.74, 6) is -0.478. The van der Waals surface area contributed by atoms with E-state index in [1.807, 2.05) is 20.8 Å². The van der Waals surface area contributed by atoms with Gasteiger partial charge in [-0.3, -0.25) is 4.55 Å². The van der Waals surface area contributed by atoms with Crippen LogP contribution in [0.2, 0.25) is 0 Å². The molecule has 0 saturated carbocycles. The van der Waals surface area contributed by atoms with Crippen molar-refractivity contribution in [1.29, 1.82) is 0 Å². The van der Waals surface area contributed by atoms with E-state index in [2.05, 4.69) is 0 Å². The van der Waals surface area contributed by atoms with E-state index >= 15 is 0 Å². The molecule has 1 saturated heterocycles. The normalized spacial score (nSPS) is 22.5. The molecule has 0 aromatic heterocycles. The first-order valence-electron chi connectivity index (χ1n) is 5.35. The van der Waals surface area contributed by atoms with Gasteiger partial charge >= 0.3 is 0 Å². The molecule has 0 aromatic rings. The van der Waals surface area contributed by atoms with Crippen molar-refractivity contribution in [2.45, 2.75) is 33.0 Å². The van der Waals surface area contributed by atoms with E-state index < -0.39 is 15.9 Å². The van der Waals surface area contributed by atoms with E-state index in [0.29, 0.717) is 19.5 Å². The average Bonchev–Trinajstić information content (AvgIpc) is 2.17. The first-order chi connectivity index (χ1) is 7.54. The molecule has 0 aromatic carbocycles. The largest absolute Gasteiger partial charge is 0.396 e. The van der Waals surface area contributed by atoms with Crippen LogP contribution in [0, 0.1) is 5.41 Å². The summed E-state index contributed by atoms with van der Waals surface area (Å²) in [5, 5.41) is 9.15. The monoisotopic (exact) mass is 270 g/mol. The summed E-state index contributed by atoms with van der Waals surface area (Å²) in [5.41, 5.74) is -0.171. The quantitative estimate of drug-likeness (QED) is 0.716. The second-order valence-electron chi connectivity index (χ2n) is 4.72. The lowest BCUT2D eigenvalue weighted by Gasteiger charge is -2.42. The van der Waals surface area contributed by atoms with Gasteiger partial charge in [0.25, 0.3) is 10.1 Å². The molecule has 17 heavy (non-hydrogen) atoms. The summed E-state index contributed by atoms with van der Waals surface area (Å²) < 4.78 is 36.8. The smallest absolute Gasteiger partial charge is 0.261 e. The topological polar surface area (TPSA) is 93.1 Å². The molecule has 0 bridgehead atoms. The number of aliphatic hydroxyl groups excluding tert-OH is 1. The van der Waals surface area contributed by atoms with Crippen molar-refractivity contribution in [3.8, 4) is 0 Å². The third-order valence-electron chi connectivity index (χ3n) is 2.54. The van der Waals surface area contributed by atoms with Crippen molar-refractivity contribution in [3.05, 3.63) is 0 Å². The zero-order chi connectivity index (χ0) is 13.7. The van der Waals surface area contributed by atoms with Gasteiger partial charge in [0.1, 0.15) is 0 Å². The van der Waals surface area contributed by atoms with Crippen molar-refractivity contribution in [1.82, 2.24) is 0 Å². The molecule has 6 nitrogen and oxygen atoms in total. The van der Waals surface area contributed by atoms with Crippen LogP contribution in [0.25, 0.3) is 0 Å². The molecule has 1 heterocycles. The molecule has 0 spiro atoms. The van der Waals surface area contributed by atoms with Crippen molar-refractivity contribution < 1.29 is 27.6 Å². The SMILES string of the molecule is CCC1(CO)COC(C)(C)OC1.CS(=O)(=O)O. The van der Waals surface area contributed by atoms with E-state index in [-0.39, 0.29) is 12.0 Å². The molecular weight excluding hydrogens is 248 g/mol. The van der Waals surface area contributed by atoms with Crippen molar-refractivity contribution in [2.24, 2.45) is 5.41 Å². The van der Waals surface area contributed by atoms with Crippen molar-refractivity contribution >= 4 is 10.1 Å². The van der Waals surface area contributed by atoms with Crippen LogP contribution in [0.4, 0.5) is 0 Å². The Bertz CT molecular complexity index is 298. The average molecular weight is 270 g/mol. The molecular formula is C10H22O6S. The number of hydrogen-bond donors (Lipinski definition) is 2. The predicted octanol–water partition coefficient (Wildman–Crippen LogP) is 0.662. The summed E-state index contributed by atoms with van der Waals surface area (Å²) >= 11 is 0. The van der Waals surface area contributed by atoms with Crippen molar-refractivity contribution in [3.63, 3.8) is 0 Å². The zero-order valence-electron chi connectivity index (χ0n) is 10.8. The Labute approximate surface area is 103 Å². The van der Waals surface area contributed by atoms with Gasteiger partial charge < -0.3 is 14.6 Å². The minimum atomic E-state index is -3.67. The summed E-state index contributed by atoms with van der Waals surface area (Å²) in [6, 6.07) is 0. The van der Waals surface area contributed by atoms with Crippen LogP contribution in [0.3, 0.4) is 0 Å². The first-order valence-corrected chi connectivity index (χ1v) is 7.20. The van der Waals surface area contributed by atoms with Crippen molar-refractivity contribution in [2.75, 3.05) is 26.1 Å². The second-order valence-corrected chi connectivity index (χ2v) is 6.19. The number of ether oxygens (including phenoxy) is 2. The molecule has 0 radical (unpaired) electrons. The molecule has 1 fully saturated rings. The lowest BCUT2D eigenvalue weighted by atomic mass is 9.87. The lowest BCUT2D eigenvalue weighted by Crippen LogP contribution is -2.48. The Morgan fingerprint density at radius 1 is 1.24 bits per heavy atom. The van der Waals surface area contributed by atoms with Gasteiger partial charge in [0.15, 0.2) is 5.79 Å². The Kier molecular flexibility index (Phi) is 6.03. The number of hydrogen-bond acceptors (Lipinski definition) is 5. The minimum absolute atomic E-state index is 0.138. The highest BCUT2D eigenvalue weighted by Gasteiger charge is 2.38. The Hall–Kier alpha value is -0.210. The number of aliphatic hydroxyl groups is 1. The molecule has 0 aliphatic carbocycles. The van der Waals surface area contributed by atoms with Gasteiger partial charge in [0.2, 0.25) is 0 Å². The lowest BCUT2D eigenvalue weighted by molar-refractivity contribution is -0.290. The van der Waals surface area contributed by atoms with Gasteiger partial charge in [-0.15, -0.1) is 0 Å². The Morgan fingerprint density at radius 2 is 1.59 bits per heavy atom. The Balaban J connectivity index is 0.000000437. The fourth-order valence-electron chi connectivity index (χ4n) is 1.14. The van der Waals surface area contributed by atoms with Crippen LogP contribution in [0.15, 0.2) is 0 Å². The van der Waals surface area contributed by atoms with Crippen LogP contribution in [0.1, 0.15) is 27.2 Å². The molecule has 0 amide bonds. The standard InChI is InChI=1S/C9H18O3.CH4O3S/c1-4-9(5-10)6-11-8(2,3)12-7-9;1-5(2,3)4/h10H,4-7H2,1-3H3;1H3,(H,2,3,4). The minimum Gasteiger partial charge on any atom is -0.396 e. The van der Waals surface area contributed by atoms with E-state index in [4.69, 9.17) is 19.1 Å². The van der Waals surface area contributed by atoms with Crippen LogP contribution in [-0.2, 0) is 19.6 Å². The van der Waals surface area contributed by atoms with Gasteiger partial charge in [-0.1, -0.05) is 6.92 Å². The van der Waals surface area contributed by atoms with Gasteiger partial charge in [-0.05, 0) is 20.3 Å². The second kappa shape index (κ2) is 6.10. The van der Waals surface area contributed by atoms with Crippen LogP contribution < -0.4 is 0 Å². The maximum absolute atomic E-state index is 9.19. The van der Waals surface area contributed by atoms with Crippen LogP contribution in [0.5, 0.6) is 0 Å². The van der Waals surface area contributed by atoms with Gasteiger partial charge in [-0.2, -0.15) is 8.42 Å². The van der Waals surface area contributed by atoms with E-state index in [9.17, 15) is 8.42 Å². The van der Waals surface area contributed by atoms with Gasteiger partial charge in [0, 0.05) is 5.41 Å². The fraction of sp³-hybridized carbons (Fsp3) is 1.00. The summed E-state index contributed by atoms with van der Waals surface area (Å²) in [6.45, 7) is 7.15. The molecule has 1 aliphatic heterocycles. The summed E-state index contributed by atoms with van der Waals surface area (Å²) in [7, 11) is -3.67. The third kappa shape index (κ3) is 7.67. The van der Waals surface area contributed by atoms with E-state index in [1.165, 1.54) is 0 Å². The Morgan fingerprint density at radius 3 is 1.82 bits per heavy atom. The highest BCUT2D eigenvalue weighted by Crippen LogP contribution is 2.31. The number of rotatable bonds is 2. The molecule has 0 unspecified atom stereocenters. The highest BCUT2D eigenvalue weighted by atomic mass is 32.2. The highest BCUT2D eigenvalue weighted by molar-refractivity contribution is 7.85. The molecule has 7 heteroatoms. The maximum atomic E-state index is 9.19. The molecule has 0 atom stereocenters. The van der Waals surface area contributed by atoms with Crippen LogP contribution in [-0.4, -0.2) is 49.9 Å². The first kappa shape index (κ1) is 16.8. The molecule has 2 N–H and O–H groups in total. The van der Waals surface area contributed by atoms with E-state index in [1.54, 1.807) is 0 Å². The van der Waals surface area contributed by atoms with E-state index in [0.717, 1.165) is 6.42 Å². The molecule has 104 valence electrons. The van der Waals surface area contributed by atoms with Crippen LogP contribution >= 0.6 is 0 Å². The predicted molar refractivity (Wildman–Crippen MR) is 63.3 cm³/mol. The maximum Gasteiger partial charge on any atom is 0.261 e. The molecule has 1 aliphatic rings. The third-order valence-corrected chi connectivity index (χ3v) is 2.54. The summed E-state index contributed by atoms with van der Waals surface area (Å²) in [6.07, 6.45) is 1.60. The molecule has 1 rings (SSSR count). The van der Waals surface area contributed by atoms with Gasteiger partial charge in [0.05, 0.1) is 26.1 Å².